The van der Waals surface area contributed by atoms with E-state index in [1.807, 2.05) is 0 Å². The zero-order valence-corrected chi connectivity index (χ0v) is 7.07. The summed E-state index contributed by atoms with van der Waals surface area (Å²) < 4.78 is 0. The number of rotatable bonds is 2. The highest BCUT2D eigenvalue weighted by atomic mass is 31.0. The van der Waals surface area contributed by atoms with Crippen LogP contribution in [0.15, 0.2) is 0 Å². The van der Waals surface area contributed by atoms with Crippen LogP contribution in [0.5, 0.6) is 0 Å². The van der Waals surface area contributed by atoms with E-state index in [2.05, 4.69) is 19.5 Å². The lowest BCUT2D eigenvalue weighted by molar-refractivity contribution is -0.110. The average molecular weight is 160 g/mol. The summed E-state index contributed by atoms with van der Waals surface area (Å²) in [6.07, 6.45) is 1.94. The van der Waals surface area contributed by atoms with Crippen molar-refractivity contribution in [3.8, 4) is 0 Å². The van der Waals surface area contributed by atoms with Gasteiger partial charge in [-0.1, -0.05) is 0 Å². The van der Waals surface area contributed by atoms with Crippen molar-refractivity contribution in [3.63, 3.8) is 0 Å². The first-order chi connectivity index (χ1) is 4.86. The molecule has 1 fully saturated rings. The number of aldehydes is 1. The normalized spacial score (nSPS) is 28.3. The molecule has 2 unspecified atom stereocenters. The van der Waals surface area contributed by atoms with Gasteiger partial charge in [-0.3, -0.25) is 4.90 Å². The van der Waals surface area contributed by atoms with E-state index in [-0.39, 0.29) is 6.04 Å². The Kier molecular flexibility index (Phi) is 3.26. The number of hydrogen-bond donors (Lipinski definition) is 1. The largest absolute Gasteiger partial charge is 0.305 e. The molecule has 0 saturated carbocycles. The lowest BCUT2D eigenvalue weighted by Gasteiger charge is -2.29. The topological polar surface area (TPSA) is 32.3 Å². The van der Waals surface area contributed by atoms with E-state index >= 15 is 0 Å². The van der Waals surface area contributed by atoms with Crippen LogP contribution in [0.2, 0.25) is 0 Å². The van der Waals surface area contributed by atoms with Crippen LogP contribution in [-0.2, 0) is 4.79 Å². The number of nitrogens with one attached hydrogen (secondary N) is 1. The predicted octanol–water partition coefficient (Wildman–Crippen LogP) is -0.708. The zero-order chi connectivity index (χ0) is 7.40. The van der Waals surface area contributed by atoms with Gasteiger partial charge < -0.3 is 10.1 Å². The van der Waals surface area contributed by atoms with E-state index in [4.69, 9.17) is 0 Å². The second-order valence-electron chi connectivity index (χ2n) is 2.46. The Hall–Kier alpha value is 0.0200. The van der Waals surface area contributed by atoms with Crippen LogP contribution in [0.1, 0.15) is 0 Å². The Morgan fingerprint density at radius 3 is 3.20 bits per heavy atom. The van der Waals surface area contributed by atoms with Crippen LogP contribution < -0.4 is 5.32 Å². The molecular weight excluding hydrogens is 147 g/mol. The molecule has 10 heavy (non-hydrogen) atoms. The van der Waals surface area contributed by atoms with Crippen LogP contribution in [0.25, 0.3) is 0 Å². The van der Waals surface area contributed by atoms with Gasteiger partial charge in [0.1, 0.15) is 6.29 Å². The van der Waals surface area contributed by atoms with Gasteiger partial charge in [-0.25, -0.2) is 0 Å². The molecule has 0 aromatic carbocycles. The molecule has 1 rings (SSSR count). The lowest BCUT2D eigenvalue weighted by Crippen LogP contribution is -2.50. The van der Waals surface area contributed by atoms with E-state index in [1.165, 1.54) is 0 Å². The molecule has 1 N–H and O–H groups in total. The van der Waals surface area contributed by atoms with Gasteiger partial charge in [0.05, 0.1) is 6.04 Å². The highest BCUT2D eigenvalue weighted by Crippen LogP contribution is 1.98. The maximum absolute atomic E-state index is 10.3. The maximum Gasteiger partial charge on any atom is 0.138 e. The Morgan fingerprint density at radius 1 is 1.80 bits per heavy atom. The second-order valence-corrected chi connectivity index (χ2v) is 2.82. The summed E-state index contributed by atoms with van der Waals surface area (Å²) in [4.78, 5) is 12.6. The van der Waals surface area contributed by atoms with E-state index in [0.29, 0.717) is 0 Å². The molecule has 1 saturated heterocycles. The number of nitrogens with zero attached hydrogens (tertiary/aromatic N) is 1. The van der Waals surface area contributed by atoms with Gasteiger partial charge >= 0.3 is 0 Å². The van der Waals surface area contributed by atoms with Crippen LogP contribution in [0, 0.1) is 0 Å². The number of carbonyl (C=O) groups excluding carboxylic acids is 1. The molecule has 2 atom stereocenters. The zero-order valence-electron chi connectivity index (χ0n) is 5.92. The molecule has 0 spiro atoms. The van der Waals surface area contributed by atoms with Crippen molar-refractivity contribution in [2.24, 2.45) is 0 Å². The summed E-state index contributed by atoms with van der Waals surface area (Å²) in [5.74, 6) is 0. The summed E-state index contributed by atoms with van der Waals surface area (Å²) in [6, 6.07) is 0.0503. The third kappa shape index (κ3) is 2.01. The smallest absolute Gasteiger partial charge is 0.138 e. The molecular formula is C6H13N2OP. The van der Waals surface area contributed by atoms with Gasteiger partial charge in [0.2, 0.25) is 0 Å². The molecule has 0 aliphatic carbocycles. The third-order valence-electron chi connectivity index (χ3n) is 1.71. The first-order valence-electron chi connectivity index (χ1n) is 3.48. The summed E-state index contributed by atoms with van der Waals surface area (Å²) in [5.41, 5.74) is 0. The molecule has 4 heteroatoms. The fourth-order valence-electron chi connectivity index (χ4n) is 1.10. The molecule has 0 aromatic rings. The Balaban J connectivity index is 2.31. The fourth-order valence-corrected chi connectivity index (χ4v) is 1.43. The molecule has 0 aromatic heterocycles. The van der Waals surface area contributed by atoms with Crippen molar-refractivity contribution in [2.75, 3.05) is 25.9 Å². The minimum Gasteiger partial charge on any atom is -0.305 e. The van der Waals surface area contributed by atoms with Crippen LogP contribution in [0.3, 0.4) is 0 Å². The Labute approximate surface area is 63.4 Å². The quantitative estimate of drug-likeness (QED) is 0.428. The van der Waals surface area contributed by atoms with E-state index in [1.54, 1.807) is 0 Å². The number of hydrogen-bond acceptors (Lipinski definition) is 3. The maximum atomic E-state index is 10.3. The SMILES string of the molecule is O=CC1CN(CP)CCN1. The predicted molar refractivity (Wildman–Crippen MR) is 44.0 cm³/mol. The summed E-state index contributed by atoms with van der Waals surface area (Å²) in [6.45, 7) is 2.83. The first kappa shape index (κ1) is 8.12. The highest BCUT2D eigenvalue weighted by molar-refractivity contribution is 7.16. The Morgan fingerprint density at radius 2 is 2.60 bits per heavy atom. The molecule has 58 valence electrons. The van der Waals surface area contributed by atoms with Gasteiger partial charge in [-0.2, -0.15) is 0 Å². The molecule has 0 radical (unpaired) electrons. The monoisotopic (exact) mass is 160 g/mol. The second kappa shape index (κ2) is 4.02. The van der Waals surface area contributed by atoms with Gasteiger partial charge in [0.25, 0.3) is 0 Å². The van der Waals surface area contributed by atoms with Crippen molar-refractivity contribution < 1.29 is 4.79 Å². The van der Waals surface area contributed by atoms with Crippen molar-refractivity contribution in [1.29, 1.82) is 0 Å². The molecule has 3 nitrogen and oxygen atoms in total. The van der Waals surface area contributed by atoms with Gasteiger partial charge in [-0.15, -0.1) is 9.24 Å². The number of carbonyl (C=O) groups is 1. The van der Waals surface area contributed by atoms with E-state index < -0.39 is 0 Å². The minimum atomic E-state index is 0.0503. The first-order valence-corrected chi connectivity index (χ1v) is 4.29. The molecule has 0 bridgehead atoms. The van der Waals surface area contributed by atoms with Crippen molar-refractivity contribution in [2.45, 2.75) is 6.04 Å². The number of piperazine rings is 1. The summed E-state index contributed by atoms with van der Waals surface area (Å²) in [7, 11) is 2.67. The Bertz CT molecular complexity index is 120. The summed E-state index contributed by atoms with van der Waals surface area (Å²) >= 11 is 0. The molecule has 1 aliphatic rings. The van der Waals surface area contributed by atoms with Crippen LogP contribution >= 0.6 is 9.24 Å². The van der Waals surface area contributed by atoms with E-state index in [0.717, 1.165) is 32.2 Å². The van der Waals surface area contributed by atoms with Gasteiger partial charge in [-0.05, 0) is 0 Å². The van der Waals surface area contributed by atoms with Gasteiger partial charge in [0, 0.05) is 25.9 Å². The lowest BCUT2D eigenvalue weighted by atomic mass is 10.2. The standard InChI is InChI=1S/C6H13N2OP/c9-4-6-3-8(5-10)2-1-7-6/h4,6-7H,1-3,5,10H2. The molecule has 1 heterocycles. The average Bonchev–Trinajstić information content (AvgIpc) is 2.05. The fraction of sp³-hybridized carbons (Fsp3) is 0.833. The van der Waals surface area contributed by atoms with Crippen LogP contribution in [-0.4, -0.2) is 43.1 Å². The van der Waals surface area contributed by atoms with Gasteiger partial charge in [0.15, 0.2) is 0 Å². The third-order valence-corrected chi connectivity index (χ3v) is 2.23. The minimum absolute atomic E-state index is 0.0503. The van der Waals surface area contributed by atoms with Crippen LogP contribution in [0.4, 0.5) is 0 Å². The van der Waals surface area contributed by atoms with Crippen molar-refractivity contribution >= 4 is 15.5 Å². The summed E-state index contributed by atoms with van der Waals surface area (Å²) in [5, 5.41) is 3.11. The van der Waals surface area contributed by atoms with Crippen molar-refractivity contribution in [3.05, 3.63) is 0 Å². The molecule has 1 aliphatic heterocycles. The molecule has 0 amide bonds. The van der Waals surface area contributed by atoms with E-state index in [9.17, 15) is 4.79 Å². The highest BCUT2D eigenvalue weighted by Gasteiger charge is 2.16. The van der Waals surface area contributed by atoms with Crippen molar-refractivity contribution in [1.82, 2.24) is 10.2 Å².